The summed E-state index contributed by atoms with van der Waals surface area (Å²) in [5.41, 5.74) is 1.90. The molecule has 3 heterocycles. The number of hydrogen-bond donors (Lipinski definition) is 3. The zero-order valence-corrected chi connectivity index (χ0v) is 20.6. The number of benzene rings is 1. The van der Waals surface area contributed by atoms with Crippen LogP contribution in [0.4, 0.5) is 19.1 Å². The van der Waals surface area contributed by atoms with Crippen molar-refractivity contribution >= 4 is 28.0 Å². The Bertz CT molecular complexity index is 1400. The van der Waals surface area contributed by atoms with E-state index in [-0.39, 0.29) is 24.3 Å². The van der Waals surface area contributed by atoms with Crippen molar-refractivity contribution in [3.63, 3.8) is 0 Å². The van der Waals surface area contributed by atoms with Gasteiger partial charge in [0.05, 0.1) is 43.9 Å². The molecule has 3 N–H and O–H groups in total. The molecule has 1 fully saturated rings. The van der Waals surface area contributed by atoms with Crippen molar-refractivity contribution < 1.29 is 27.8 Å². The number of fused-ring (bicyclic) bond motifs is 2. The van der Waals surface area contributed by atoms with Crippen molar-refractivity contribution in [2.24, 2.45) is 0 Å². The zero-order chi connectivity index (χ0) is 26.1. The number of ether oxygens (including phenoxy) is 2. The molecule has 0 radical (unpaired) electrons. The standard InChI is InChI=1S/C25H29F3N6O3/c1-13-30-22-18(26)9-14(10-19(22)34(13)12-20(27)28)17-11-29-23-21(17)24(36-2)33-25(32-23)31-15-3-5-16(6-4-15)37-8-7-35/h9-11,15-16,20,35H,3-8,12H2,1-2H3,(H2,29,31,32,33)/t15-,16+. The van der Waals surface area contributed by atoms with E-state index in [2.05, 4.69) is 25.3 Å². The van der Waals surface area contributed by atoms with Gasteiger partial charge in [0.25, 0.3) is 6.43 Å². The third-order valence-corrected chi connectivity index (χ3v) is 6.77. The van der Waals surface area contributed by atoms with Crippen LogP contribution in [0.25, 0.3) is 33.2 Å². The van der Waals surface area contributed by atoms with Crippen LogP contribution in [0, 0.1) is 12.7 Å². The van der Waals surface area contributed by atoms with E-state index in [0.717, 1.165) is 25.7 Å². The number of aliphatic hydroxyl groups is 1. The normalized spacial score (nSPS) is 18.2. The van der Waals surface area contributed by atoms with Crippen molar-refractivity contribution in [2.45, 2.75) is 57.7 Å². The number of nitrogens with zero attached hydrogens (tertiary/aromatic N) is 4. The van der Waals surface area contributed by atoms with Crippen LogP contribution < -0.4 is 10.1 Å². The van der Waals surface area contributed by atoms with Gasteiger partial charge < -0.3 is 29.4 Å². The number of nitrogens with one attached hydrogen (secondary N) is 2. The predicted molar refractivity (Wildman–Crippen MR) is 133 cm³/mol. The Kier molecular flexibility index (Phi) is 7.20. The fourth-order valence-corrected chi connectivity index (χ4v) is 5.04. The number of aromatic amines is 1. The summed E-state index contributed by atoms with van der Waals surface area (Å²) >= 11 is 0. The first kappa shape index (κ1) is 25.3. The van der Waals surface area contributed by atoms with Gasteiger partial charge in [-0.05, 0) is 50.3 Å². The van der Waals surface area contributed by atoms with Gasteiger partial charge in [-0.1, -0.05) is 0 Å². The maximum atomic E-state index is 15.0. The summed E-state index contributed by atoms with van der Waals surface area (Å²) in [5.74, 6) is 0.428. The summed E-state index contributed by atoms with van der Waals surface area (Å²) < 4.78 is 53.8. The molecule has 12 heteroatoms. The van der Waals surface area contributed by atoms with Crippen LogP contribution >= 0.6 is 0 Å². The van der Waals surface area contributed by atoms with E-state index in [4.69, 9.17) is 14.6 Å². The van der Waals surface area contributed by atoms with Gasteiger partial charge in [0.15, 0.2) is 5.82 Å². The summed E-state index contributed by atoms with van der Waals surface area (Å²) in [5, 5.41) is 12.9. The lowest BCUT2D eigenvalue weighted by atomic mass is 9.93. The number of aromatic nitrogens is 5. The zero-order valence-electron chi connectivity index (χ0n) is 20.6. The molecule has 0 amide bonds. The van der Waals surface area contributed by atoms with Crippen molar-refractivity contribution in [1.29, 1.82) is 0 Å². The number of anilines is 1. The molecule has 37 heavy (non-hydrogen) atoms. The lowest BCUT2D eigenvalue weighted by molar-refractivity contribution is 0.00719. The van der Waals surface area contributed by atoms with E-state index in [1.807, 2.05) is 0 Å². The SMILES string of the molecule is COc1nc(N[C@H]2CC[C@@H](OCCO)CC2)nc2[nH]cc(-c3cc(F)c4nc(C)n(CC(F)F)c4c3)c12. The van der Waals surface area contributed by atoms with Crippen molar-refractivity contribution in [1.82, 2.24) is 24.5 Å². The average Bonchev–Trinajstić information content (AvgIpc) is 3.44. The molecule has 9 nitrogen and oxygen atoms in total. The van der Waals surface area contributed by atoms with Crippen LogP contribution in [0.3, 0.4) is 0 Å². The minimum Gasteiger partial charge on any atom is -0.480 e. The van der Waals surface area contributed by atoms with Gasteiger partial charge in [0.2, 0.25) is 11.8 Å². The second-order valence-electron chi connectivity index (χ2n) is 9.18. The molecule has 4 aromatic rings. The van der Waals surface area contributed by atoms with E-state index in [9.17, 15) is 8.78 Å². The minimum atomic E-state index is -2.60. The highest BCUT2D eigenvalue weighted by Crippen LogP contribution is 2.37. The molecular weight excluding hydrogens is 489 g/mol. The molecular formula is C25H29F3N6O3. The second kappa shape index (κ2) is 10.5. The van der Waals surface area contributed by atoms with Gasteiger partial charge in [-0.3, -0.25) is 0 Å². The first-order valence-electron chi connectivity index (χ1n) is 12.2. The van der Waals surface area contributed by atoms with E-state index >= 15 is 4.39 Å². The van der Waals surface area contributed by atoms with Crippen molar-refractivity contribution in [3.05, 3.63) is 30.0 Å². The maximum Gasteiger partial charge on any atom is 0.256 e. The monoisotopic (exact) mass is 518 g/mol. The first-order chi connectivity index (χ1) is 17.9. The molecule has 0 aliphatic heterocycles. The smallest absolute Gasteiger partial charge is 0.256 e. The third-order valence-electron chi connectivity index (χ3n) is 6.77. The third kappa shape index (κ3) is 5.08. The number of rotatable bonds is 9. The van der Waals surface area contributed by atoms with Gasteiger partial charge in [0.1, 0.15) is 17.0 Å². The molecule has 0 atom stereocenters. The maximum absolute atomic E-state index is 15.0. The molecule has 0 unspecified atom stereocenters. The number of imidazole rings is 1. The molecule has 1 saturated carbocycles. The van der Waals surface area contributed by atoms with Crippen molar-refractivity contribution in [3.8, 4) is 17.0 Å². The molecule has 1 aliphatic carbocycles. The Morgan fingerprint density at radius 3 is 2.68 bits per heavy atom. The van der Waals surface area contributed by atoms with Gasteiger partial charge in [-0.25, -0.2) is 18.2 Å². The summed E-state index contributed by atoms with van der Waals surface area (Å²) in [6.07, 6.45) is 2.72. The van der Waals surface area contributed by atoms with Gasteiger partial charge in [0, 0.05) is 17.8 Å². The quantitative estimate of drug-likeness (QED) is 0.301. The number of alkyl halides is 2. The highest BCUT2D eigenvalue weighted by Gasteiger charge is 2.24. The Morgan fingerprint density at radius 2 is 1.97 bits per heavy atom. The van der Waals surface area contributed by atoms with E-state index < -0.39 is 18.8 Å². The number of halogens is 3. The van der Waals surface area contributed by atoms with Crippen LogP contribution in [0.1, 0.15) is 31.5 Å². The van der Waals surface area contributed by atoms with Gasteiger partial charge in [-0.2, -0.15) is 9.97 Å². The Hall–Kier alpha value is -3.38. The predicted octanol–water partition coefficient (Wildman–Crippen LogP) is 4.43. The molecule has 3 aromatic heterocycles. The molecule has 5 rings (SSSR count). The molecule has 1 aromatic carbocycles. The van der Waals surface area contributed by atoms with Crippen LogP contribution in [0.15, 0.2) is 18.3 Å². The largest absolute Gasteiger partial charge is 0.480 e. The topological polar surface area (TPSA) is 110 Å². The number of aliphatic hydroxyl groups excluding tert-OH is 1. The van der Waals surface area contributed by atoms with Crippen LogP contribution in [0.2, 0.25) is 0 Å². The molecule has 1 aliphatic rings. The highest BCUT2D eigenvalue weighted by molar-refractivity contribution is 5.99. The van der Waals surface area contributed by atoms with Crippen molar-refractivity contribution in [2.75, 3.05) is 25.6 Å². The van der Waals surface area contributed by atoms with E-state index in [1.165, 1.54) is 17.7 Å². The Balaban J connectivity index is 1.45. The lowest BCUT2D eigenvalue weighted by Gasteiger charge is -2.29. The highest BCUT2D eigenvalue weighted by atomic mass is 19.3. The first-order valence-corrected chi connectivity index (χ1v) is 12.2. The van der Waals surface area contributed by atoms with Gasteiger partial charge >= 0.3 is 0 Å². The molecule has 198 valence electrons. The summed E-state index contributed by atoms with van der Waals surface area (Å²) in [6, 6.07) is 3.14. The lowest BCUT2D eigenvalue weighted by Crippen LogP contribution is -2.30. The van der Waals surface area contributed by atoms with E-state index in [1.54, 1.807) is 19.2 Å². The van der Waals surface area contributed by atoms with Gasteiger partial charge in [-0.15, -0.1) is 0 Å². The molecule has 0 bridgehead atoms. The average molecular weight is 519 g/mol. The molecule has 0 spiro atoms. The summed E-state index contributed by atoms with van der Waals surface area (Å²) in [4.78, 5) is 16.4. The second-order valence-corrected chi connectivity index (χ2v) is 9.18. The fourth-order valence-electron chi connectivity index (χ4n) is 5.04. The minimum absolute atomic E-state index is 0.0173. The Labute approximate surface area is 211 Å². The van der Waals surface area contributed by atoms with Crippen LogP contribution in [-0.2, 0) is 11.3 Å². The van der Waals surface area contributed by atoms with E-state index in [0.29, 0.717) is 51.9 Å². The fraction of sp³-hybridized carbons (Fsp3) is 0.480. The summed E-state index contributed by atoms with van der Waals surface area (Å²) in [7, 11) is 1.50. The number of methoxy groups -OCH3 is 1. The number of aryl methyl sites for hydroxylation is 1. The van der Waals surface area contributed by atoms with Crippen LogP contribution in [0.5, 0.6) is 5.88 Å². The van der Waals surface area contributed by atoms with Crippen LogP contribution in [-0.4, -0.2) is 68.5 Å². The summed E-state index contributed by atoms with van der Waals surface area (Å²) in [6.45, 7) is 1.37. The molecule has 0 saturated heterocycles. The Morgan fingerprint density at radius 1 is 1.19 bits per heavy atom. The number of H-pyrrole nitrogens is 1. The number of hydrogen-bond acceptors (Lipinski definition) is 7.